The average Bonchev–Trinajstić information content (AvgIpc) is 3.13. The van der Waals surface area contributed by atoms with Gasteiger partial charge in [-0.25, -0.2) is 12.7 Å². The van der Waals surface area contributed by atoms with Crippen LogP contribution in [0.3, 0.4) is 0 Å². The lowest BCUT2D eigenvalue weighted by atomic mass is 10.1. The molecule has 1 aliphatic rings. The number of hydrogen-bond donors (Lipinski definition) is 2. The fourth-order valence-corrected chi connectivity index (χ4v) is 4.00. The number of nitrogens with one attached hydrogen (secondary N) is 2. The molecule has 166 valence electrons. The topological polar surface area (TPSA) is 92.3 Å². The normalized spacial score (nSPS) is 17.7. The highest BCUT2D eigenvalue weighted by Gasteiger charge is 2.28. The summed E-state index contributed by atoms with van der Waals surface area (Å²) in [5, 5.41) is 6.59. The zero-order chi connectivity index (χ0) is 20.6. The number of benzene rings is 1. The largest absolute Gasteiger partial charge is 0.491 e. The van der Waals surface area contributed by atoms with Gasteiger partial charge in [-0.15, -0.1) is 24.0 Å². The molecular formula is C19H33IN4O4S. The molecule has 0 bridgehead atoms. The molecule has 29 heavy (non-hydrogen) atoms. The van der Waals surface area contributed by atoms with Crippen molar-refractivity contribution in [2.45, 2.75) is 19.9 Å². The fourth-order valence-electron chi connectivity index (χ4n) is 3.08. The van der Waals surface area contributed by atoms with Gasteiger partial charge < -0.3 is 20.1 Å². The minimum Gasteiger partial charge on any atom is -0.491 e. The van der Waals surface area contributed by atoms with Crippen molar-refractivity contribution < 1.29 is 17.9 Å². The van der Waals surface area contributed by atoms with E-state index in [4.69, 9.17) is 9.47 Å². The molecule has 1 atom stereocenters. The van der Waals surface area contributed by atoms with Crippen LogP contribution >= 0.6 is 24.0 Å². The van der Waals surface area contributed by atoms with E-state index in [1.54, 1.807) is 14.2 Å². The van der Waals surface area contributed by atoms with Crippen molar-refractivity contribution in [3.05, 3.63) is 29.3 Å². The summed E-state index contributed by atoms with van der Waals surface area (Å²) in [7, 11) is 0.263. The van der Waals surface area contributed by atoms with Crippen LogP contribution < -0.4 is 15.4 Å². The van der Waals surface area contributed by atoms with E-state index in [-0.39, 0.29) is 29.9 Å². The van der Waals surface area contributed by atoms with Crippen LogP contribution in [0.2, 0.25) is 0 Å². The summed E-state index contributed by atoms with van der Waals surface area (Å²) in [6, 6.07) is 6.11. The van der Waals surface area contributed by atoms with E-state index in [0.29, 0.717) is 45.4 Å². The van der Waals surface area contributed by atoms with E-state index in [1.807, 2.05) is 19.1 Å². The Bertz CT molecular complexity index is 773. The van der Waals surface area contributed by atoms with Gasteiger partial charge in [0.25, 0.3) is 0 Å². The number of nitrogens with zero attached hydrogens (tertiary/aromatic N) is 2. The third-order valence-electron chi connectivity index (χ3n) is 4.71. The minimum absolute atomic E-state index is 0. The summed E-state index contributed by atoms with van der Waals surface area (Å²) < 4.78 is 35.7. The zero-order valence-electron chi connectivity index (χ0n) is 17.6. The maximum Gasteiger partial charge on any atom is 0.211 e. The Balaban J connectivity index is 0.00000420. The zero-order valence-corrected chi connectivity index (χ0v) is 20.7. The second-order valence-electron chi connectivity index (χ2n) is 7.03. The highest BCUT2D eigenvalue weighted by Crippen LogP contribution is 2.20. The van der Waals surface area contributed by atoms with Crippen LogP contribution in [0.5, 0.6) is 5.75 Å². The van der Waals surface area contributed by atoms with Gasteiger partial charge in [0.1, 0.15) is 12.4 Å². The molecule has 10 heteroatoms. The molecule has 0 aromatic heterocycles. The van der Waals surface area contributed by atoms with Crippen LogP contribution in [0, 0.1) is 12.8 Å². The van der Waals surface area contributed by atoms with Gasteiger partial charge in [0.15, 0.2) is 5.96 Å². The Morgan fingerprint density at radius 3 is 2.69 bits per heavy atom. The number of halogens is 1. The molecule has 1 saturated heterocycles. The minimum atomic E-state index is -3.11. The highest BCUT2D eigenvalue weighted by molar-refractivity contribution is 14.0. The summed E-state index contributed by atoms with van der Waals surface area (Å²) in [6.07, 6.45) is 2.11. The Kier molecular flexibility index (Phi) is 11.2. The van der Waals surface area contributed by atoms with E-state index in [1.165, 1.54) is 10.6 Å². The van der Waals surface area contributed by atoms with Gasteiger partial charge >= 0.3 is 0 Å². The fraction of sp³-hybridized carbons (Fsp3) is 0.632. The lowest BCUT2D eigenvalue weighted by molar-refractivity contribution is 0.145. The molecular weight excluding hydrogens is 507 g/mol. The molecule has 0 radical (unpaired) electrons. The third kappa shape index (κ3) is 8.65. The molecule has 1 aromatic carbocycles. The second-order valence-corrected chi connectivity index (χ2v) is 9.02. The highest BCUT2D eigenvalue weighted by atomic mass is 127. The monoisotopic (exact) mass is 540 g/mol. The molecule has 1 fully saturated rings. The maximum absolute atomic E-state index is 11.6. The van der Waals surface area contributed by atoms with Crippen LogP contribution in [0.15, 0.2) is 23.2 Å². The molecule has 0 saturated carbocycles. The van der Waals surface area contributed by atoms with E-state index in [2.05, 4.69) is 21.7 Å². The van der Waals surface area contributed by atoms with E-state index < -0.39 is 10.0 Å². The summed E-state index contributed by atoms with van der Waals surface area (Å²) in [6.45, 7) is 5.46. The van der Waals surface area contributed by atoms with Crippen molar-refractivity contribution >= 4 is 40.0 Å². The quantitative estimate of drug-likeness (QED) is 0.214. The van der Waals surface area contributed by atoms with Crippen LogP contribution in [0.4, 0.5) is 0 Å². The van der Waals surface area contributed by atoms with Crippen LogP contribution in [-0.4, -0.2) is 71.9 Å². The molecule has 0 amide bonds. The molecule has 0 aliphatic carbocycles. The number of ether oxygens (including phenoxy) is 2. The Morgan fingerprint density at radius 2 is 2.07 bits per heavy atom. The first kappa shape index (κ1) is 25.9. The number of rotatable bonds is 9. The number of guanidine groups is 1. The smallest absolute Gasteiger partial charge is 0.211 e. The summed E-state index contributed by atoms with van der Waals surface area (Å²) >= 11 is 0. The predicted octanol–water partition coefficient (Wildman–Crippen LogP) is 1.58. The summed E-state index contributed by atoms with van der Waals surface area (Å²) in [4.78, 5) is 4.26. The van der Waals surface area contributed by atoms with Crippen LogP contribution in [0.1, 0.15) is 17.5 Å². The number of aryl methyl sites for hydroxylation is 1. The van der Waals surface area contributed by atoms with Crippen molar-refractivity contribution in [3.8, 4) is 5.75 Å². The van der Waals surface area contributed by atoms with Gasteiger partial charge in [-0.1, -0.05) is 12.1 Å². The Labute approximate surface area is 191 Å². The van der Waals surface area contributed by atoms with Gasteiger partial charge in [0.2, 0.25) is 10.0 Å². The first-order chi connectivity index (χ1) is 13.3. The molecule has 2 rings (SSSR count). The SMILES string of the molecule is CN=C(NCc1ccc(C)cc1OCCOC)NCC1CCN(S(C)(=O)=O)C1.I. The van der Waals surface area contributed by atoms with Gasteiger partial charge in [0, 0.05) is 45.9 Å². The maximum atomic E-state index is 11.6. The van der Waals surface area contributed by atoms with E-state index in [0.717, 1.165) is 23.3 Å². The summed E-state index contributed by atoms with van der Waals surface area (Å²) in [5.41, 5.74) is 2.17. The number of hydrogen-bond acceptors (Lipinski definition) is 5. The summed E-state index contributed by atoms with van der Waals surface area (Å²) in [5.74, 6) is 1.79. The van der Waals surface area contributed by atoms with Crippen molar-refractivity contribution in [1.82, 2.24) is 14.9 Å². The molecule has 2 N–H and O–H groups in total. The van der Waals surface area contributed by atoms with E-state index >= 15 is 0 Å². The first-order valence-electron chi connectivity index (χ1n) is 9.44. The van der Waals surface area contributed by atoms with Crippen molar-refractivity contribution in [2.75, 3.05) is 53.3 Å². The molecule has 8 nitrogen and oxygen atoms in total. The van der Waals surface area contributed by atoms with Gasteiger partial charge in [-0.3, -0.25) is 4.99 Å². The van der Waals surface area contributed by atoms with Crippen molar-refractivity contribution in [1.29, 1.82) is 0 Å². The van der Waals surface area contributed by atoms with Gasteiger partial charge in [-0.05, 0) is 30.9 Å². The lowest BCUT2D eigenvalue weighted by Crippen LogP contribution is -2.40. The average molecular weight is 540 g/mol. The number of sulfonamides is 1. The predicted molar refractivity (Wildman–Crippen MR) is 127 cm³/mol. The molecule has 1 heterocycles. The van der Waals surface area contributed by atoms with Crippen LogP contribution in [-0.2, 0) is 21.3 Å². The second kappa shape index (κ2) is 12.6. The molecule has 1 unspecified atom stereocenters. The van der Waals surface area contributed by atoms with Crippen molar-refractivity contribution in [3.63, 3.8) is 0 Å². The first-order valence-corrected chi connectivity index (χ1v) is 11.3. The lowest BCUT2D eigenvalue weighted by Gasteiger charge is -2.17. The van der Waals surface area contributed by atoms with Crippen molar-refractivity contribution in [2.24, 2.45) is 10.9 Å². The van der Waals surface area contributed by atoms with E-state index in [9.17, 15) is 8.42 Å². The Morgan fingerprint density at radius 1 is 1.31 bits per heavy atom. The molecule has 1 aliphatic heterocycles. The standard InChI is InChI=1S/C19H32N4O4S.HI/c1-15-5-6-17(18(11-15)27-10-9-26-3)13-22-19(20-2)21-12-16-7-8-23(14-16)28(4,24)25;/h5-6,11,16H,7-10,12-14H2,1-4H3,(H2,20,21,22);1H. The Hall–Kier alpha value is -1.11. The molecule has 1 aromatic rings. The third-order valence-corrected chi connectivity index (χ3v) is 5.98. The van der Waals surface area contributed by atoms with Gasteiger partial charge in [0.05, 0.1) is 12.9 Å². The van der Waals surface area contributed by atoms with Gasteiger partial charge in [-0.2, -0.15) is 0 Å². The van der Waals surface area contributed by atoms with Crippen LogP contribution in [0.25, 0.3) is 0 Å². The number of aliphatic imine (C=N–C) groups is 1. The number of methoxy groups -OCH3 is 1. The molecule has 0 spiro atoms.